The topological polar surface area (TPSA) is 0 Å². The van der Waals surface area contributed by atoms with Crippen molar-refractivity contribution < 1.29 is 0 Å². The van der Waals surface area contributed by atoms with Gasteiger partial charge in [-0.3, -0.25) is 0 Å². The van der Waals surface area contributed by atoms with Gasteiger partial charge < -0.3 is 0 Å². The quantitative estimate of drug-likeness (QED) is 0.386. The predicted octanol–water partition coefficient (Wildman–Crippen LogP) is 2.73. The molecule has 0 amide bonds. The summed E-state index contributed by atoms with van der Waals surface area (Å²) in [6.07, 6.45) is 7.06. The lowest BCUT2D eigenvalue weighted by Crippen LogP contribution is -1.67. The molecule has 0 nitrogen and oxygen atoms in total. The Hall–Kier alpha value is -0.520. The number of unbranched alkanes of at least 4 members (excludes halogenated alkanes) is 1. The molecule has 1 radical (unpaired) electrons. The molecule has 0 unspecified atom stereocenters. The van der Waals surface area contributed by atoms with Crippen LogP contribution >= 0.6 is 0 Å². The summed E-state index contributed by atoms with van der Waals surface area (Å²) in [6, 6.07) is 0. The average molecular weight is 109 g/mol. The smallest absolute Gasteiger partial charge is 0.0131 e. The van der Waals surface area contributed by atoms with E-state index in [1.54, 1.807) is 0 Å². The molecule has 0 aliphatic carbocycles. The van der Waals surface area contributed by atoms with Crippen molar-refractivity contribution in [2.75, 3.05) is 0 Å². The average Bonchev–Trinajstić information content (AvgIpc) is 1.66. The lowest BCUT2D eigenvalue weighted by molar-refractivity contribution is 1.26. The van der Waals surface area contributed by atoms with E-state index in [2.05, 4.69) is 32.9 Å². The maximum atomic E-state index is 3.60. The molecule has 45 valence electrons. The van der Waals surface area contributed by atoms with Gasteiger partial charge in [-0.2, -0.15) is 0 Å². The minimum atomic E-state index is 0.977. The van der Waals surface area contributed by atoms with Crippen LogP contribution in [0.4, 0.5) is 0 Å². The highest BCUT2D eigenvalue weighted by Crippen LogP contribution is 1.94. The summed E-state index contributed by atoms with van der Waals surface area (Å²) in [7, 11) is 0. The molecule has 0 aromatic carbocycles. The maximum absolute atomic E-state index is 3.60. The van der Waals surface area contributed by atoms with Gasteiger partial charge in [-0.1, -0.05) is 17.7 Å². The molecule has 0 rings (SSSR count). The monoisotopic (exact) mass is 109 g/mol. The Balaban J connectivity index is 3.15. The highest BCUT2D eigenvalue weighted by atomic mass is 13.8. The standard InChI is InChI=1S/C8H13/c1-4-5-6-7-8(2)3/h4,6-7H,1,5H2,2-3H3. The Morgan fingerprint density at radius 1 is 1.50 bits per heavy atom. The first-order valence-corrected chi connectivity index (χ1v) is 2.85. The van der Waals surface area contributed by atoms with E-state index in [0.717, 1.165) is 6.42 Å². The fourth-order valence-electron chi connectivity index (χ4n) is 0.400. The van der Waals surface area contributed by atoms with Crippen molar-refractivity contribution in [3.05, 3.63) is 30.7 Å². The van der Waals surface area contributed by atoms with Crippen LogP contribution in [0.15, 0.2) is 24.3 Å². The SMILES string of the molecule is C=CC[CH]C=C(C)C. The third-order valence-electron chi connectivity index (χ3n) is 0.754. The van der Waals surface area contributed by atoms with Gasteiger partial charge in [0.05, 0.1) is 0 Å². The minimum Gasteiger partial charge on any atom is -0.103 e. The van der Waals surface area contributed by atoms with Gasteiger partial charge in [0.15, 0.2) is 0 Å². The molecule has 0 bridgehead atoms. The van der Waals surface area contributed by atoms with E-state index in [-0.39, 0.29) is 0 Å². The Morgan fingerprint density at radius 2 is 2.12 bits per heavy atom. The molecule has 0 N–H and O–H groups in total. The lowest BCUT2D eigenvalue weighted by Gasteiger charge is -1.85. The first-order valence-electron chi connectivity index (χ1n) is 2.85. The van der Waals surface area contributed by atoms with Crippen LogP contribution in [0.1, 0.15) is 20.3 Å². The van der Waals surface area contributed by atoms with Crippen molar-refractivity contribution in [2.45, 2.75) is 20.3 Å². The molecule has 0 spiro atoms. The molecule has 0 saturated carbocycles. The molecule has 0 heterocycles. The fraction of sp³-hybridized carbons (Fsp3) is 0.375. The molecular formula is C8H13. The van der Waals surface area contributed by atoms with Crippen LogP contribution in [0.2, 0.25) is 0 Å². The number of allylic oxidation sites excluding steroid dienone is 3. The zero-order valence-electron chi connectivity index (χ0n) is 5.65. The summed E-state index contributed by atoms with van der Waals surface area (Å²) < 4.78 is 0. The van der Waals surface area contributed by atoms with Crippen LogP contribution in [0.25, 0.3) is 0 Å². The van der Waals surface area contributed by atoms with Crippen molar-refractivity contribution >= 4 is 0 Å². The van der Waals surface area contributed by atoms with Crippen LogP contribution in [-0.4, -0.2) is 0 Å². The number of hydrogen-bond donors (Lipinski definition) is 0. The number of hydrogen-bond acceptors (Lipinski definition) is 0. The van der Waals surface area contributed by atoms with Crippen molar-refractivity contribution in [1.29, 1.82) is 0 Å². The second-order valence-electron chi connectivity index (χ2n) is 2.00. The molecule has 0 heteroatoms. The zero-order chi connectivity index (χ0) is 6.41. The van der Waals surface area contributed by atoms with Gasteiger partial charge in [0, 0.05) is 0 Å². The van der Waals surface area contributed by atoms with E-state index < -0.39 is 0 Å². The van der Waals surface area contributed by atoms with Crippen molar-refractivity contribution in [3.8, 4) is 0 Å². The van der Waals surface area contributed by atoms with Gasteiger partial charge in [0.2, 0.25) is 0 Å². The van der Waals surface area contributed by atoms with E-state index in [4.69, 9.17) is 0 Å². The lowest BCUT2D eigenvalue weighted by atomic mass is 10.2. The van der Waals surface area contributed by atoms with Gasteiger partial charge in [0.25, 0.3) is 0 Å². The van der Waals surface area contributed by atoms with E-state index in [1.165, 1.54) is 5.57 Å². The van der Waals surface area contributed by atoms with Crippen LogP contribution < -0.4 is 0 Å². The third kappa shape index (κ3) is 5.48. The summed E-state index contributed by atoms with van der Waals surface area (Å²) in [5, 5.41) is 0. The first-order chi connectivity index (χ1) is 3.77. The molecule has 0 atom stereocenters. The summed E-state index contributed by atoms with van der Waals surface area (Å²) in [5.74, 6) is 0. The first kappa shape index (κ1) is 7.48. The normalized spacial score (nSPS) is 8.25. The molecule has 0 aromatic rings. The molecule has 0 aromatic heterocycles. The molecule has 8 heavy (non-hydrogen) atoms. The molecule has 0 saturated heterocycles. The van der Waals surface area contributed by atoms with Crippen LogP contribution in [0.5, 0.6) is 0 Å². The van der Waals surface area contributed by atoms with Crippen LogP contribution in [-0.2, 0) is 0 Å². The van der Waals surface area contributed by atoms with Crippen LogP contribution in [0, 0.1) is 6.42 Å². The Labute approximate surface area is 51.9 Å². The molecule has 0 aliphatic rings. The highest BCUT2D eigenvalue weighted by Gasteiger charge is 1.75. The summed E-state index contributed by atoms with van der Waals surface area (Å²) in [6.45, 7) is 7.76. The highest BCUT2D eigenvalue weighted by molar-refractivity contribution is 5.04. The third-order valence-corrected chi connectivity index (χ3v) is 0.754. The summed E-state index contributed by atoms with van der Waals surface area (Å²) in [5.41, 5.74) is 1.34. The minimum absolute atomic E-state index is 0.977. The van der Waals surface area contributed by atoms with E-state index in [1.807, 2.05) is 6.08 Å². The summed E-state index contributed by atoms with van der Waals surface area (Å²) >= 11 is 0. The maximum Gasteiger partial charge on any atom is -0.0131 e. The predicted molar refractivity (Wildman–Crippen MR) is 38.5 cm³/mol. The van der Waals surface area contributed by atoms with Crippen molar-refractivity contribution in [2.24, 2.45) is 0 Å². The van der Waals surface area contributed by atoms with E-state index in [0.29, 0.717) is 0 Å². The Kier molecular flexibility index (Phi) is 4.33. The van der Waals surface area contributed by atoms with Crippen molar-refractivity contribution in [3.63, 3.8) is 0 Å². The zero-order valence-corrected chi connectivity index (χ0v) is 5.65. The van der Waals surface area contributed by atoms with Gasteiger partial charge in [-0.05, 0) is 26.7 Å². The molecular weight excluding hydrogens is 96.1 g/mol. The second-order valence-corrected chi connectivity index (χ2v) is 2.00. The van der Waals surface area contributed by atoms with Gasteiger partial charge in [-0.25, -0.2) is 0 Å². The molecule has 0 aliphatic heterocycles. The Bertz CT molecular complexity index is 84.2. The van der Waals surface area contributed by atoms with E-state index >= 15 is 0 Å². The largest absolute Gasteiger partial charge is 0.103 e. The second kappa shape index (κ2) is 4.63. The van der Waals surface area contributed by atoms with E-state index in [9.17, 15) is 0 Å². The number of rotatable bonds is 3. The van der Waals surface area contributed by atoms with Gasteiger partial charge in [-0.15, -0.1) is 6.58 Å². The van der Waals surface area contributed by atoms with Gasteiger partial charge >= 0.3 is 0 Å². The van der Waals surface area contributed by atoms with Crippen molar-refractivity contribution in [1.82, 2.24) is 0 Å². The summed E-state index contributed by atoms with van der Waals surface area (Å²) in [4.78, 5) is 0. The van der Waals surface area contributed by atoms with Gasteiger partial charge in [0.1, 0.15) is 0 Å². The molecule has 0 fully saturated rings. The fourth-order valence-corrected chi connectivity index (χ4v) is 0.400. The van der Waals surface area contributed by atoms with Crippen LogP contribution in [0.3, 0.4) is 0 Å². The Morgan fingerprint density at radius 3 is 2.50 bits per heavy atom.